The van der Waals surface area contributed by atoms with Crippen molar-refractivity contribution in [2.45, 2.75) is 38.6 Å². The van der Waals surface area contributed by atoms with Crippen LogP contribution in [0.5, 0.6) is 0 Å². The normalized spacial score (nSPS) is 16.8. The number of nitrogens with zero attached hydrogens (tertiary/aromatic N) is 2. The Bertz CT molecular complexity index is 959. The zero-order valence-corrected chi connectivity index (χ0v) is 19.8. The standard InChI is InChI=1S/C26H33ClN4O2/c27-23-7-3-8-24(18-23)29-26(33)31-15-9-20(10-16-31)17-25(32)28-12-4-13-30-14-11-21-5-1-2-6-22(21)19-30/h1-3,5-8,18,20H,4,9-17,19H2,(H,28,32)(H,29,33). The molecule has 4 rings (SSSR count). The SMILES string of the molecule is O=C(CC1CCN(C(=O)Nc2cccc(Cl)c2)CC1)NCCCN1CCc2ccccc2C1. The molecule has 6 nitrogen and oxygen atoms in total. The molecule has 2 aliphatic rings. The van der Waals surface area contributed by atoms with Gasteiger partial charge in [-0.3, -0.25) is 9.69 Å². The predicted molar refractivity (Wildman–Crippen MR) is 132 cm³/mol. The summed E-state index contributed by atoms with van der Waals surface area (Å²) in [5.74, 6) is 0.458. The van der Waals surface area contributed by atoms with E-state index in [9.17, 15) is 9.59 Å². The molecule has 7 heteroatoms. The van der Waals surface area contributed by atoms with Crippen LogP contribution in [0.1, 0.15) is 36.8 Å². The lowest BCUT2D eigenvalue weighted by Crippen LogP contribution is -2.42. The Morgan fingerprint density at radius 1 is 1.00 bits per heavy atom. The number of urea groups is 1. The summed E-state index contributed by atoms with van der Waals surface area (Å²) in [4.78, 5) is 29.1. The molecular formula is C26H33ClN4O2. The number of carbonyl (C=O) groups excluding carboxylic acids is 2. The molecule has 0 aliphatic carbocycles. The van der Waals surface area contributed by atoms with Gasteiger partial charge in [-0.1, -0.05) is 41.9 Å². The second-order valence-electron chi connectivity index (χ2n) is 9.07. The number of amides is 3. The van der Waals surface area contributed by atoms with E-state index in [0.29, 0.717) is 36.1 Å². The van der Waals surface area contributed by atoms with Gasteiger partial charge >= 0.3 is 6.03 Å². The first kappa shape index (κ1) is 23.6. The molecular weight excluding hydrogens is 436 g/mol. The molecule has 0 atom stereocenters. The van der Waals surface area contributed by atoms with Crippen molar-refractivity contribution < 1.29 is 9.59 Å². The lowest BCUT2D eigenvalue weighted by atomic mass is 9.93. The highest BCUT2D eigenvalue weighted by Crippen LogP contribution is 2.22. The molecule has 2 heterocycles. The molecule has 0 bridgehead atoms. The molecule has 2 aromatic rings. The molecule has 33 heavy (non-hydrogen) atoms. The summed E-state index contributed by atoms with van der Waals surface area (Å²) >= 11 is 5.98. The number of hydrogen-bond donors (Lipinski definition) is 2. The van der Waals surface area contributed by atoms with Gasteiger partial charge in [-0.05, 0) is 60.9 Å². The number of anilines is 1. The van der Waals surface area contributed by atoms with E-state index in [-0.39, 0.29) is 11.9 Å². The fraction of sp³-hybridized carbons (Fsp3) is 0.462. The van der Waals surface area contributed by atoms with E-state index in [4.69, 9.17) is 11.6 Å². The average Bonchev–Trinajstić information content (AvgIpc) is 2.82. The van der Waals surface area contributed by atoms with Crippen molar-refractivity contribution in [1.82, 2.24) is 15.1 Å². The monoisotopic (exact) mass is 468 g/mol. The number of piperidine rings is 1. The van der Waals surface area contributed by atoms with E-state index in [1.165, 1.54) is 11.1 Å². The average molecular weight is 469 g/mol. The van der Waals surface area contributed by atoms with Crippen LogP contribution in [0.25, 0.3) is 0 Å². The molecule has 0 radical (unpaired) electrons. The lowest BCUT2D eigenvalue weighted by Gasteiger charge is -2.31. The molecule has 0 aromatic heterocycles. The minimum atomic E-state index is -0.111. The molecule has 0 saturated carbocycles. The Morgan fingerprint density at radius 3 is 2.58 bits per heavy atom. The van der Waals surface area contributed by atoms with E-state index >= 15 is 0 Å². The number of halogens is 1. The van der Waals surface area contributed by atoms with E-state index < -0.39 is 0 Å². The number of fused-ring (bicyclic) bond motifs is 1. The van der Waals surface area contributed by atoms with Crippen LogP contribution < -0.4 is 10.6 Å². The lowest BCUT2D eigenvalue weighted by molar-refractivity contribution is -0.122. The van der Waals surface area contributed by atoms with Crippen molar-refractivity contribution in [2.75, 3.05) is 38.0 Å². The molecule has 176 valence electrons. The summed E-state index contributed by atoms with van der Waals surface area (Å²) in [6, 6.07) is 15.7. The Hall–Kier alpha value is -2.57. The zero-order valence-electron chi connectivity index (χ0n) is 19.1. The van der Waals surface area contributed by atoms with Gasteiger partial charge in [0.2, 0.25) is 5.91 Å². The molecule has 2 N–H and O–H groups in total. The van der Waals surface area contributed by atoms with Crippen LogP contribution >= 0.6 is 11.6 Å². The van der Waals surface area contributed by atoms with Crippen molar-refractivity contribution >= 4 is 29.2 Å². The van der Waals surface area contributed by atoms with Gasteiger partial charge < -0.3 is 15.5 Å². The number of benzene rings is 2. The first-order valence-corrected chi connectivity index (χ1v) is 12.3. The minimum absolute atomic E-state index is 0.111. The van der Waals surface area contributed by atoms with E-state index in [0.717, 1.165) is 51.9 Å². The maximum atomic E-state index is 12.5. The van der Waals surface area contributed by atoms with Crippen molar-refractivity contribution in [3.8, 4) is 0 Å². The molecule has 1 fully saturated rings. The van der Waals surface area contributed by atoms with Gasteiger partial charge in [0, 0.05) is 56.4 Å². The molecule has 0 spiro atoms. The van der Waals surface area contributed by atoms with Crippen molar-refractivity contribution in [3.63, 3.8) is 0 Å². The third kappa shape index (κ3) is 6.95. The van der Waals surface area contributed by atoms with Crippen molar-refractivity contribution in [3.05, 3.63) is 64.7 Å². The quantitative estimate of drug-likeness (QED) is 0.586. The van der Waals surface area contributed by atoms with E-state index in [1.54, 1.807) is 12.1 Å². The Kier molecular flexibility index (Phi) is 8.24. The van der Waals surface area contributed by atoms with Crippen molar-refractivity contribution in [2.24, 2.45) is 5.92 Å². The summed E-state index contributed by atoms with van der Waals surface area (Å²) in [6.07, 6.45) is 4.32. The summed E-state index contributed by atoms with van der Waals surface area (Å²) in [5.41, 5.74) is 3.60. The van der Waals surface area contributed by atoms with E-state index in [1.807, 2.05) is 17.0 Å². The van der Waals surface area contributed by atoms with Crippen LogP contribution in [0, 0.1) is 5.92 Å². The Morgan fingerprint density at radius 2 is 1.79 bits per heavy atom. The minimum Gasteiger partial charge on any atom is -0.356 e. The van der Waals surface area contributed by atoms with Gasteiger partial charge in [0.05, 0.1) is 0 Å². The smallest absolute Gasteiger partial charge is 0.321 e. The molecule has 2 aliphatic heterocycles. The zero-order chi connectivity index (χ0) is 23.0. The van der Waals surface area contributed by atoms with Gasteiger partial charge in [0.1, 0.15) is 0 Å². The number of carbonyl (C=O) groups is 2. The molecule has 1 saturated heterocycles. The maximum absolute atomic E-state index is 12.5. The van der Waals surface area contributed by atoms with Crippen LogP contribution in [0.2, 0.25) is 5.02 Å². The van der Waals surface area contributed by atoms with Crippen LogP contribution in [-0.4, -0.2) is 54.5 Å². The summed E-state index contributed by atoms with van der Waals surface area (Å²) in [5, 5.41) is 6.58. The van der Waals surface area contributed by atoms with Gasteiger partial charge in [-0.15, -0.1) is 0 Å². The largest absolute Gasteiger partial charge is 0.356 e. The van der Waals surface area contributed by atoms with Gasteiger partial charge in [0.25, 0.3) is 0 Å². The Labute approximate surface area is 201 Å². The fourth-order valence-electron chi connectivity index (χ4n) is 4.72. The first-order chi connectivity index (χ1) is 16.1. The highest BCUT2D eigenvalue weighted by atomic mass is 35.5. The third-order valence-corrected chi connectivity index (χ3v) is 6.87. The van der Waals surface area contributed by atoms with Crippen LogP contribution in [0.15, 0.2) is 48.5 Å². The van der Waals surface area contributed by atoms with Gasteiger partial charge in [-0.2, -0.15) is 0 Å². The molecule has 0 unspecified atom stereocenters. The van der Waals surface area contributed by atoms with Crippen LogP contribution in [0.4, 0.5) is 10.5 Å². The Balaban J connectivity index is 1.09. The van der Waals surface area contributed by atoms with Crippen LogP contribution in [-0.2, 0) is 17.8 Å². The first-order valence-electron chi connectivity index (χ1n) is 11.9. The number of hydrogen-bond acceptors (Lipinski definition) is 3. The van der Waals surface area contributed by atoms with Gasteiger partial charge in [-0.25, -0.2) is 4.79 Å². The predicted octanol–water partition coefficient (Wildman–Crippen LogP) is 4.54. The molecule has 2 aromatic carbocycles. The van der Waals surface area contributed by atoms with Gasteiger partial charge in [0.15, 0.2) is 0 Å². The number of nitrogens with one attached hydrogen (secondary N) is 2. The second-order valence-corrected chi connectivity index (χ2v) is 9.51. The van der Waals surface area contributed by atoms with Crippen molar-refractivity contribution in [1.29, 1.82) is 0 Å². The number of rotatable bonds is 7. The highest BCUT2D eigenvalue weighted by Gasteiger charge is 2.24. The summed E-state index contributed by atoms with van der Waals surface area (Å²) < 4.78 is 0. The maximum Gasteiger partial charge on any atom is 0.321 e. The number of likely N-dealkylation sites (tertiary alicyclic amines) is 1. The second kappa shape index (κ2) is 11.5. The summed E-state index contributed by atoms with van der Waals surface area (Å²) in [7, 11) is 0. The fourth-order valence-corrected chi connectivity index (χ4v) is 4.91. The summed E-state index contributed by atoms with van der Waals surface area (Å²) in [6.45, 7) is 5.16. The highest BCUT2D eigenvalue weighted by molar-refractivity contribution is 6.30. The molecule has 3 amide bonds. The third-order valence-electron chi connectivity index (χ3n) is 6.63. The van der Waals surface area contributed by atoms with Crippen LogP contribution in [0.3, 0.4) is 0 Å². The topological polar surface area (TPSA) is 64.7 Å². The van der Waals surface area contributed by atoms with E-state index in [2.05, 4.69) is 39.8 Å².